The van der Waals surface area contributed by atoms with Crippen LogP contribution in [0.2, 0.25) is 0 Å². The molecule has 2 unspecified atom stereocenters. The highest BCUT2D eigenvalue weighted by atomic mass is 15.1. The quantitative estimate of drug-likeness (QED) is 0.788. The smallest absolute Gasteiger partial charge is 0.0280 e. The summed E-state index contributed by atoms with van der Waals surface area (Å²) in [6.07, 6.45) is 8.99. The van der Waals surface area contributed by atoms with Crippen LogP contribution in [0.15, 0.2) is 0 Å². The van der Waals surface area contributed by atoms with Gasteiger partial charge in [0.15, 0.2) is 0 Å². The monoisotopic (exact) mass is 239 g/mol. The average Bonchev–Trinajstić information content (AvgIpc) is 2.32. The fourth-order valence-electron chi connectivity index (χ4n) is 3.26. The van der Waals surface area contributed by atoms with Gasteiger partial charge in [-0.05, 0) is 46.2 Å². The molecule has 1 aliphatic heterocycles. The van der Waals surface area contributed by atoms with Crippen molar-refractivity contribution in [3.63, 3.8) is 0 Å². The number of hydrogen-bond donors (Lipinski definition) is 2. The first-order valence-electron chi connectivity index (χ1n) is 7.32. The largest absolute Gasteiger partial charge is 0.324 e. The molecule has 1 saturated carbocycles. The summed E-state index contributed by atoms with van der Waals surface area (Å²) in [6, 6.07) is 1.39. The van der Waals surface area contributed by atoms with Crippen LogP contribution in [0.5, 0.6) is 0 Å². The second-order valence-corrected chi connectivity index (χ2v) is 6.35. The van der Waals surface area contributed by atoms with Crippen molar-refractivity contribution in [2.24, 2.45) is 5.73 Å². The Balaban J connectivity index is 1.74. The number of hydrogen-bond acceptors (Lipinski definition) is 3. The van der Waals surface area contributed by atoms with E-state index >= 15 is 0 Å². The molecule has 0 amide bonds. The number of piperidine rings is 1. The van der Waals surface area contributed by atoms with E-state index in [4.69, 9.17) is 5.73 Å². The van der Waals surface area contributed by atoms with Crippen LogP contribution in [0.25, 0.3) is 0 Å². The van der Waals surface area contributed by atoms with Crippen molar-refractivity contribution in [2.45, 2.75) is 69.5 Å². The maximum atomic E-state index is 6.47. The zero-order chi connectivity index (χ0) is 12.3. The Bertz CT molecular complexity index is 236. The molecule has 2 rings (SSSR count). The average molecular weight is 239 g/mol. The van der Waals surface area contributed by atoms with Gasteiger partial charge in [0.2, 0.25) is 0 Å². The highest BCUT2D eigenvalue weighted by Crippen LogP contribution is 2.25. The van der Waals surface area contributed by atoms with Gasteiger partial charge < -0.3 is 16.0 Å². The lowest BCUT2D eigenvalue weighted by molar-refractivity contribution is 0.160. The minimum atomic E-state index is 0.0881. The molecule has 0 bridgehead atoms. The van der Waals surface area contributed by atoms with Crippen molar-refractivity contribution in [3.05, 3.63) is 0 Å². The number of rotatable bonds is 3. The zero-order valence-corrected chi connectivity index (χ0v) is 11.5. The summed E-state index contributed by atoms with van der Waals surface area (Å²) in [7, 11) is 2.23. The number of nitrogens with zero attached hydrogens (tertiary/aromatic N) is 1. The fourth-order valence-corrected chi connectivity index (χ4v) is 3.26. The molecular weight excluding hydrogens is 210 g/mol. The van der Waals surface area contributed by atoms with Crippen molar-refractivity contribution >= 4 is 0 Å². The highest BCUT2D eigenvalue weighted by Gasteiger charge is 2.29. The fraction of sp³-hybridized carbons (Fsp3) is 1.00. The molecule has 0 aromatic heterocycles. The van der Waals surface area contributed by atoms with Gasteiger partial charge in [0.1, 0.15) is 0 Å². The van der Waals surface area contributed by atoms with Crippen molar-refractivity contribution in [2.75, 3.05) is 20.1 Å². The third-order valence-electron chi connectivity index (χ3n) is 4.80. The van der Waals surface area contributed by atoms with E-state index < -0.39 is 0 Å². The van der Waals surface area contributed by atoms with Gasteiger partial charge in [0.05, 0.1) is 0 Å². The molecule has 1 saturated heterocycles. The minimum Gasteiger partial charge on any atom is -0.324 e. The molecule has 3 N–H and O–H groups in total. The van der Waals surface area contributed by atoms with E-state index in [1.54, 1.807) is 0 Å². The summed E-state index contributed by atoms with van der Waals surface area (Å²) >= 11 is 0. The van der Waals surface area contributed by atoms with E-state index in [-0.39, 0.29) is 5.54 Å². The molecule has 0 radical (unpaired) electrons. The van der Waals surface area contributed by atoms with Crippen LogP contribution in [0.4, 0.5) is 0 Å². The van der Waals surface area contributed by atoms with Gasteiger partial charge in [-0.25, -0.2) is 0 Å². The van der Waals surface area contributed by atoms with Crippen LogP contribution in [0.3, 0.4) is 0 Å². The van der Waals surface area contributed by atoms with E-state index in [0.717, 1.165) is 6.54 Å². The second-order valence-electron chi connectivity index (χ2n) is 6.35. The molecule has 2 atom stereocenters. The van der Waals surface area contributed by atoms with E-state index in [9.17, 15) is 0 Å². The molecule has 3 nitrogen and oxygen atoms in total. The molecule has 2 fully saturated rings. The number of nitrogens with two attached hydrogens (primary N) is 1. The van der Waals surface area contributed by atoms with Gasteiger partial charge in [-0.3, -0.25) is 0 Å². The Morgan fingerprint density at radius 2 is 2.00 bits per heavy atom. The lowest BCUT2D eigenvalue weighted by atomic mass is 9.82. The van der Waals surface area contributed by atoms with Crippen LogP contribution < -0.4 is 11.1 Å². The van der Waals surface area contributed by atoms with E-state index in [1.165, 1.54) is 51.5 Å². The van der Waals surface area contributed by atoms with Gasteiger partial charge in [-0.1, -0.05) is 19.3 Å². The standard InChI is InChI=1S/C14H29N3/c1-12-10-13(6-9-17(12)2)16-11-14(15)7-4-3-5-8-14/h12-13,16H,3-11,15H2,1-2H3. The molecule has 0 aromatic carbocycles. The van der Waals surface area contributed by atoms with Crippen LogP contribution in [-0.2, 0) is 0 Å². The summed E-state index contributed by atoms with van der Waals surface area (Å²) in [4.78, 5) is 2.46. The van der Waals surface area contributed by atoms with Crippen LogP contribution >= 0.6 is 0 Å². The molecule has 0 aromatic rings. The molecule has 100 valence electrons. The molecule has 1 aliphatic carbocycles. The lowest BCUT2D eigenvalue weighted by Crippen LogP contribution is -2.54. The first-order valence-corrected chi connectivity index (χ1v) is 7.32. The topological polar surface area (TPSA) is 41.3 Å². The predicted molar refractivity (Wildman–Crippen MR) is 73.1 cm³/mol. The van der Waals surface area contributed by atoms with E-state index in [2.05, 4.69) is 24.2 Å². The molecule has 2 aliphatic rings. The van der Waals surface area contributed by atoms with Crippen molar-refractivity contribution in [1.82, 2.24) is 10.2 Å². The Morgan fingerprint density at radius 3 is 2.65 bits per heavy atom. The third-order valence-corrected chi connectivity index (χ3v) is 4.80. The maximum absolute atomic E-state index is 6.47. The Morgan fingerprint density at radius 1 is 1.29 bits per heavy atom. The van der Waals surface area contributed by atoms with E-state index in [0.29, 0.717) is 12.1 Å². The number of likely N-dealkylation sites (tertiary alicyclic amines) is 1. The van der Waals surface area contributed by atoms with Crippen LogP contribution in [-0.4, -0.2) is 42.7 Å². The third kappa shape index (κ3) is 3.67. The van der Waals surface area contributed by atoms with Gasteiger partial charge in [0, 0.05) is 24.2 Å². The molecule has 17 heavy (non-hydrogen) atoms. The first kappa shape index (κ1) is 13.3. The predicted octanol–water partition coefficient (Wildman–Crippen LogP) is 1.72. The summed E-state index contributed by atoms with van der Waals surface area (Å²) < 4.78 is 0. The van der Waals surface area contributed by atoms with Gasteiger partial charge in [-0.15, -0.1) is 0 Å². The van der Waals surface area contributed by atoms with Crippen molar-refractivity contribution < 1.29 is 0 Å². The molecular formula is C14H29N3. The lowest BCUT2D eigenvalue weighted by Gasteiger charge is -2.39. The summed E-state index contributed by atoms with van der Waals surface area (Å²) in [5.74, 6) is 0. The zero-order valence-electron chi connectivity index (χ0n) is 11.5. The normalized spacial score (nSPS) is 34.8. The maximum Gasteiger partial charge on any atom is 0.0280 e. The summed E-state index contributed by atoms with van der Waals surface area (Å²) in [5.41, 5.74) is 6.55. The van der Waals surface area contributed by atoms with Crippen molar-refractivity contribution in [3.8, 4) is 0 Å². The second kappa shape index (κ2) is 5.68. The molecule has 3 heteroatoms. The van der Waals surface area contributed by atoms with Crippen molar-refractivity contribution in [1.29, 1.82) is 0 Å². The van der Waals surface area contributed by atoms with Gasteiger partial charge >= 0.3 is 0 Å². The highest BCUT2D eigenvalue weighted by molar-refractivity contribution is 4.91. The Hall–Kier alpha value is -0.120. The molecule has 0 spiro atoms. The van der Waals surface area contributed by atoms with Gasteiger partial charge in [0.25, 0.3) is 0 Å². The molecule has 1 heterocycles. The van der Waals surface area contributed by atoms with E-state index in [1.807, 2.05) is 0 Å². The Kier molecular flexibility index (Phi) is 4.45. The SMILES string of the molecule is CC1CC(NCC2(N)CCCCC2)CCN1C. The summed E-state index contributed by atoms with van der Waals surface area (Å²) in [5, 5.41) is 3.73. The van der Waals surface area contributed by atoms with Crippen LogP contribution in [0.1, 0.15) is 51.9 Å². The number of nitrogens with one attached hydrogen (secondary N) is 1. The summed E-state index contributed by atoms with van der Waals surface area (Å²) in [6.45, 7) is 4.57. The Labute approximate surface area is 106 Å². The first-order chi connectivity index (χ1) is 8.09. The van der Waals surface area contributed by atoms with Gasteiger partial charge in [-0.2, -0.15) is 0 Å². The van der Waals surface area contributed by atoms with Crippen LogP contribution in [0, 0.1) is 0 Å². The minimum absolute atomic E-state index is 0.0881.